The van der Waals surface area contributed by atoms with Crippen molar-refractivity contribution >= 4 is 34.7 Å². The highest BCUT2D eigenvalue weighted by Gasteiger charge is 2.33. The highest BCUT2D eigenvalue weighted by molar-refractivity contribution is 6.32. The fourth-order valence-corrected chi connectivity index (χ4v) is 4.80. The molecule has 4 aliphatic heterocycles. The van der Waals surface area contributed by atoms with E-state index in [1.165, 1.54) is 6.33 Å². The molecule has 10 heteroatoms. The lowest BCUT2D eigenvalue weighted by Crippen LogP contribution is -2.51. The third-order valence-electron chi connectivity index (χ3n) is 6.80. The second-order valence-corrected chi connectivity index (χ2v) is 9.30. The van der Waals surface area contributed by atoms with E-state index in [4.69, 9.17) is 4.74 Å². The van der Waals surface area contributed by atoms with Gasteiger partial charge in [0.15, 0.2) is 0 Å². The molecule has 1 fully saturated rings. The van der Waals surface area contributed by atoms with Crippen molar-refractivity contribution in [2.24, 2.45) is 0 Å². The first kappa shape index (κ1) is 24.1. The predicted octanol–water partition coefficient (Wildman–Crippen LogP) is 2.41. The van der Waals surface area contributed by atoms with Gasteiger partial charge in [-0.2, -0.15) is 0 Å². The smallest absolute Gasteiger partial charge is 0.259 e. The number of nitrogens with zero attached hydrogens (tertiary/aromatic N) is 5. The minimum atomic E-state index is -0.224. The van der Waals surface area contributed by atoms with Gasteiger partial charge in [0.1, 0.15) is 23.7 Å². The fourth-order valence-electron chi connectivity index (χ4n) is 4.80. The number of unbranched alkanes of at least 4 members (excludes halogenated alkanes) is 1. The Labute approximate surface area is 211 Å². The third kappa shape index (κ3) is 5.28. The maximum atomic E-state index is 13.1. The SMILES string of the molecule is CCCCN1CCCOc2cccc(c2)N/C=C2\C(=O)Nc3ncnc(c32)N2CCN(CC2)C(=O)C1. The summed E-state index contributed by atoms with van der Waals surface area (Å²) >= 11 is 0. The van der Waals surface area contributed by atoms with Crippen LogP contribution in [0.15, 0.2) is 36.8 Å². The van der Waals surface area contributed by atoms with Gasteiger partial charge in [-0.25, -0.2) is 9.97 Å². The van der Waals surface area contributed by atoms with Crippen LogP contribution in [-0.4, -0.2) is 84.0 Å². The van der Waals surface area contributed by atoms with Crippen LogP contribution in [0.25, 0.3) is 5.57 Å². The van der Waals surface area contributed by atoms with Crippen LogP contribution in [-0.2, 0) is 9.59 Å². The van der Waals surface area contributed by atoms with Gasteiger partial charge in [-0.1, -0.05) is 19.4 Å². The summed E-state index contributed by atoms with van der Waals surface area (Å²) in [6, 6.07) is 7.68. The molecule has 5 heterocycles. The highest BCUT2D eigenvalue weighted by Crippen LogP contribution is 2.36. The first-order valence-corrected chi connectivity index (χ1v) is 12.7. The van der Waals surface area contributed by atoms with Gasteiger partial charge in [0.05, 0.1) is 24.3 Å². The number of aromatic nitrogens is 2. The molecule has 4 aliphatic rings. The molecule has 1 aromatic carbocycles. The van der Waals surface area contributed by atoms with Crippen LogP contribution in [0, 0.1) is 0 Å². The summed E-state index contributed by atoms with van der Waals surface area (Å²) in [5.41, 5.74) is 1.99. The molecule has 0 unspecified atom stereocenters. The van der Waals surface area contributed by atoms with E-state index in [0.717, 1.165) is 43.8 Å². The Balaban J connectivity index is 1.44. The van der Waals surface area contributed by atoms with Gasteiger partial charge in [0, 0.05) is 50.7 Å². The van der Waals surface area contributed by atoms with Crippen LogP contribution < -0.4 is 20.3 Å². The molecule has 2 aromatic rings. The Bertz CT molecular complexity index is 1140. The summed E-state index contributed by atoms with van der Waals surface area (Å²) in [6.07, 6.45) is 6.17. The summed E-state index contributed by atoms with van der Waals surface area (Å²) in [5, 5.41) is 6.09. The van der Waals surface area contributed by atoms with Gasteiger partial charge in [-0.15, -0.1) is 0 Å². The molecule has 6 rings (SSSR count). The summed E-state index contributed by atoms with van der Waals surface area (Å²) in [5.74, 6) is 1.90. The normalized spacial score (nSPS) is 20.3. The average Bonchev–Trinajstić information content (AvgIpc) is 3.23. The monoisotopic (exact) mass is 491 g/mol. The van der Waals surface area contributed by atoms with Crippen molar-refractivity contribution < 1.29 is 14.3 Å². The second-order valence-electron chi connectivity index (χ2n) is 9.30. The number of nitrogens with one attached hydrogen (secondary N) is 2. The first-order valence-electron chi connectivity index (χ1n) is 12.7. The highest BCUT2D eigenvalue weighted by atomic mass is 16.5. The van der Waals surface area contributed by atoms with Crippen LogP contribution in [0.2, 0.25) is 0 Å². The molecule has 10 nitrogen and oxygen atoms in total. The largest absolute Gasteiger partial charge is 0.493 e. The van der Waals surface area contributed by atoms with Crippen molar-refractivity contribution in [1.82, 2.24) is 19.8 Å². The Hall–Kier alpha value is -3.66. The van der Waals surface area contributed by atoms with Crippen molar-refractivity contribution in [2.45, 2.75) is 26.2 Å². The number of amides is 2. The molecular formula is C26H33N7O3. The third-order valence-corrected chi connectivity index (χ3v) is 6.80. The van der Waals surface area contributed by atoms with E-state index in [2.05, 4.69) is 37.3 Å². The average molecular weight is 492 g/mol. The maximum Gasteiger partial charge on any atom is 0.259 e. The first-order chi connectivity index (χ1) is 17.6. The predicted molar refractivity (Wildman–Crippen MR) is 139 cm³/mol. The van der Waals surface area contributed by atoms with Crippen molar-refractivity contribution in [3.05, 3.63) is 42.4 Å². The molecular weight excluding hydrogens is 458 g/mol. The minimum Gasteiger partial charge on any atom is -0.493 e. The molecule has 2 amide bonds. The molecule has 4 bridgehead atoms. The molecule has 190 valence electrons. The molecule has 36 heavy (non-hydrogen) atoms. The lowest BCUT2D eigenvalue weighted by Gasteiger charge is -2.37. The topological polar surface area (TPSA) is 103 Å². The van der Waals surface area contributed by atoms with Gasteiger partial charge in [0.25, 0.3) is 5.91 Å². The van der Waals surface area contributed by atoms with E-state index >= 15 is 0 Å². The van der Waals surface area contributed by atoms with E-state index in [-0.39, 0.29) is 11.8 Å². The van der Waals surface area contributed by atoms with Crippen LogP contribution in [0.3, 0.4) is 0 Å². The minimum absolute atomic E-state index is 0.159. The number of piperazine rings is 1. The molecule has 0 saturated carbocycles. The number of hydrogen-bond donors (Lipinski definition) is 2. The number of anilines is 3. The molecule has 0 spiro atoms. The Morgan fingerprint density at radius 2 is 1.89 bits per heavy atom. The molecule has 0 radical (unpaired) electrons. The standard InChI is InChI=1S/C26H33N7O3/c1-2-3-8-31-9-5-14-36-20-7-4-6-19(15-20)27-16-21-23-24(30-26(21)35)28-18-29-25(23)33-12-10-32(11-13-33)22(34)17-31/h4,6-7,15-16,18,27H,2-3,5,8-14,17H2,1H3,(H,28,29,30,35)/b21-16-. The van der Waals surface area contributed by atoms with Crippen molar-refractivity contribution in [3.63, 3.8) is 0 Å². The molecule has 1 aromatic heterocycles. The Morgan fingerprint density at radius 3 is 2.72 bits per heavy atom. The van der Waals surface area contributed by atoms with Crippen molar-refractivity contribution in [3.8, 4) is 5.75 Å². The van der Waals surface area contributed by atoms with E-state index in [1.807, 2.05) is 29.2 Å². The maximum absolute atomic E-state index is 13.1. The van der Waals surface area contributed by atoms with Gasteiger partial charge in [-0.3, -0.25) is 14.5 Å². The van der Waals surface area contributed by atoms with Crippen LogP contribution in [0.5, 0.6) is 5.75 Å². The van der Waals surface area contributed by atoms with Gasteiger partial charge in [0.2, 0.25) is 5.91 Å². The van der Waals surface area contributed by atoms with E-state index in [9.17, 15) is 9.59 Å². The number of carbonyl (C=O) groups excluding carboxylic acids is 2. The number of hydrogen-bond acceptors (Lipinski definition) is 8. The lowest BCUT2D eigenvalue weighted by molar-refractivity contribution is -0.132. The molecule has 2 N–H and O–H groups in total. The van der Waals surface area contributed by atoms with Gasteiger partial charge in [-0.05, 0) is 31.5 Å². The molecule has 0 aliphatic carbocycles. The van der Waals surface area contributed by atoms with Gasteiger partial charge < -0.3 is 25.2 Å². The molecule has 1 saturated heterocycles. The van der Waals surface area contributed by atoms with E-state index in [1.54, 1.807) is 6.20 Å². The van der Waals surface area contributed by atoms with Gasteiger partial charge >= 0.3 is 0 Å². The summed E-state index contributed by atoms with van der Waals surface area (Å²) in [4.78, 5) is 41.1. The van der Waals surface area contributed by atoms with Crippen LogP contribution in [0.4, 0.5) is 17.3 Å². The Kier molecular flexibility index (Phi) is 7.31. The zero-order chi connectivity index (χ0) is 24.9. The fraction of sp³-hybridized carbons (Fsp3) is 0.462. The van der Waals surface area contributed by atoms with E-state index in [0.29, 0.717) is 62.1 Å². The zero-order valence-corrected chi connectivity index (χ0v) is 20.7. The second kappa shape index (κ2) is 10.9. The van der Waals surface area contributed by atoms with Crippen LogP contribution >= 0.6 is 0 Å². The lowest BCUT2D eigenvalue weighted by atomic mass is 10.1. The summed E-state index contributed by atoms with van der Waals surface area (Å²) in [7, 11) is 0. The number of rotatable bonds is 3. The summed E-state index contributed by atoms with van der Waals surface area (Å²) in [6.45, 7) is 7.42. The van der Waals surface area contributed by atoms with Crippen molar-refractivity contribution in [1.29, 1.82) is 0 Å². The van der Waals surface area contributed by atoms with E-state index < -0.39 is 0 Å². The number of ether oxygens (including phenoxy) is 1. The number of fused-ring (bicyclic) bond motifs is 9. The number of benzene rings is 1. The summed E-state index contributed by atoms with van der Waals surface area (Å²) < 4.78 is 5.99. The van der Waals surface area contributed by atoms with Crippen molar-refractivity contribution in [2.75, 3.05) is 68.0 Å². The molecule has 0 atom stereocenters. The number of carbonyl (C=O) groups is 2. The quantitative estimate of drug-likeness (QED) is 0.675. The van der Waals surface area contributed by atoms with Crippen LogP contribution in [0.1, 0.15) is 31.7 Å². The Morgan fingerprint density at radius 1 is 1.06 bits per heavy atom. The zero-order valence-electron chi connectivity index (χ0n) is 20.7.